The first-order valence-electron chi connectivity index (χ1n) is 11.2. The van der Waals surface area contributed by atoms with Gasteiger partial charge in [-0.1, -0.05) is 26.0 Å². The van der Waals surface area contributed by atoms with Gasteiger partial charge < -0.3 is 15.0 Å². The number of amides is 1. The molecule has 1 saturated heterocycles. The van der Waals surface area contributed by atoms with Crippen molar-refractivity contribution in [2.75, 3.05) is 30.4 Å². The molecule has 3 aromatic rings. The topological polar surface area (TPSA) is 67.3 Å². The zero-order valence-corrected chi connectivity index (χ0v) is 18.9. The number of anilines is 2. The number of hydrogen-bond donors (Lipinski definition) is 1. The first-order chi connectivity index (χ1) is 15.5. The average molecular weight is 431 g/mol. The minimum atomic E-state index is 0.0129. The zero-order valence-electron chi connectivity index (χ0n) is 18.9. The molecule has 1 aromatic heterocycles. The van der Waals surface area contributed by atoms with Gasteiger partial charge in [0.05, 0.1) is 12.8 Å². The lowest BCUT2D eigenvalue weighted by Crippen LogP contribution is -2.38. The molecule has 0 unspecified atom stereocenters. The third-order valence-corrected chi connectivity index (χ3v) is 6.07. The Kier molecular flexibility index (Phi) is 6.69. The van der Waals surface area contributed by atoms with Crippen LogP contribution in [0.2, 0.25) is 0 Å². The van der Waals surface area contributed by atoms with E-state index >= 15 is 0 Å². The molecule has 2 heterocycles. The summed E-state index contributed by atoms with van der Waals surface area (Å²) >= 11 is 0. The number of nitrogens with one attached hydrogen (secondary N) is 1. The summed E-state index contributed by atoms with van der Waals surface area (Å²) < 4.78 is 5.23. The Labute approximate surface area is 189 Å². The lowest BCUT2D eigenvalue weighted by molar-refractivity contribution is -0.120. The second-order valence-electron chi connectivity index (χ2n) is 8.52. The molecular formula is C26H30N4O2. The highest BCUT2D eigenvalue weighted by atomic mass is 16.5. The molecular weight excluding hydrogens is 400 g/mol. The van der Waals surface area contributed by atoms with Gasteiger partial charge in [0.1, 0.15) is 17.9 Å². The standard InChI is InChI=1S/C26H30N4O2/c1-18(2)19-4-8-22(9-5-19)29-26(31)21-12-14-30(15-13-21)25-16-24(27-17-28-25)20-6-10-23(32-3)11-7-20/h4-11,16-18,21H,12-15H2,1-3H3,(H,29,31). The lowest BCUT2D eigenvalue weighted by atomic mass is 9.95. The molecule has 1 amide bonds. The number of aromatic nitrogens is 2. The van der Waals surface area contributed by atoms with Gasteiger partial charge in [-0.2, -0.15) is 0 Å². The number of ether oxygens (including phenoxy) is 1. The van der Waals surface area contributed by atoms with Gasteiger partial charge in [-0.3, -0.25) is 4.79 Å². The Morgan fingerprint density at radius 3 is 2.34 bits per heavy atom. The number of nitrogens with zero attached hydrogens (tertiary/aromatic N) is 3. The van der Waals surface area contributed by atoms with E-state index in [0.717, 1.165) is 54.4 Å². The first kappa shape index (κ1) is 21.8. The van der Waals surface area contributed by atoms with Crippen LogP contribution in [0.3, 0.4) is 0 Å². The summed E-state index contributed by atoms with van der Waals surface area (Å²) in [6.45, 7) is 5.92. The van der Waals surface area contributed by atoms with E-state index in [0.29, 0.717) is 5.92 Å². The van der Waals surface area contributed by atoms with Crippen LogP contribution in [-0.4, -0.2) is 36.1 Å². The maximum absolute atomic E-state index is 12.8. The van der Waals surface area contributed by atoms with E-state index in [-0.39, 0.29) is 11.8 Å². The van der Waals surface area contributed by atoms with Gasteiger partial charge in [0.15, 0.2) is 0 Å². The van der Waals surface area contributed by atoms with Crippen LogP contribution < -0.4 is 15.0 Å². The van der Waals surface area contributed by atoms with E-state index in [2.05, 4.69) is 46.2 Å². The minimum absolute atomic E-state index is 0.0129. The summed E-state index contributed by atoms with van der Waals surface area (Å²) in [6, 6.07) is 18.0. The average Bonchev–Trinajstić information content (AvgIpc) is 2.84. The Balaban J connectivity index is 1.35. The monoisotopic (exact) mass is 430 g/mol. The molecule has 0 spiro atoms. The number of rotatable bonds is 6. The van der Waals surface area contributed by atoms with E-state index in [1.165, 1.54) is 5.56 Å². The summed E-state index contributed by atoms with van der Waals surface area (Å²) in [4.78, 5) is 23.9. The summed E-state index contributed by atoms with van der Waals surface area (Å²) in [7, 11) is 1.66. The highest BCUT2D eigenvalue weighted by Gasteiger charge is 2.26. The molecule has 166 valence electrons. The van der Waals surface area contributed by atoms with Crippen molar-refractivity contribution >= 4 is 17.4 Å². The maximum atomic E-state index is 12.8. The van der Waals surface area contributed by atoms with Crippen LogP contribution in [0.1, 0.15) is 38.2 Å². The van der Waals surface area contributed by atoms with Crippen LogP contribution in [0, 0.1) is 5.92 Å². The number of carbonyl (C=O) groups excluding carboxylic acids is 1. The van der Waals surface area contributed by atoms with Gasteiger partial charge in [0, 0.05) is 36.3 Å². The van der Waals surface area contributed by atoms with Crippen LogP contribution in [0.4, 0.5) is 11.5 Å². The molecule has 0 bridgehead atoms. The normalized spacial score (nSPS) is 14.4. The Bertz CT molecular complexity index is 1040. The first-order valence-corrected chi connectivity index (χ1v) is 11.2. The van der Waals surface area contributed by atoms with E-state index in [1.54, 1.807) is 13.4 Å². The number of piperidine rings is 1. The van der Waals surface area contributed by atoms with Crippen molar-refractivity contribution in [2.24, 2.45) is 5.92 Å². The summed E-state index contributed by atoms with van der Waals surface area (Å²) in [5.74, 6) is 2.31. The van der Waals surface area contributed by atoms with Crippen LogP contribution in [-0.2, 0) is 4.79 Å². The molecule has 6 heteroatoms. The van der Waals surface area contributed by atoms with Crippen LogP contribution in [0.25, 0.3) is 11.3 Å². The van der Waals surface area contributed by atoms with Crippen molar-refractivity contribution in [3.8, 4) is 17.0 Å². The molecule has 1 aliphatic heterocycles. The van der Waals surface area contributed by atoms with Crippen LogP contribution in [0.15, 0.2) is 60.9 Å². The summed E-state index contributed by atoms with van der Waals surface area (Å²) in [5.41, 5.74) is 4.03. The Morgan fingerprint density at radius 1 is 1.03 bits per heavy atom. The molecule has 1 fully saturated rings. The predicted molar refractivity (Wildman–Crippen MR) is 128 cm³/mol. The van der Waals surface area contributed by atoms with E-state index < -0.39 is 0 Å². The minimum Gasteiger partial charge on any atom is -0.497 e. The molecule has 1 aliphatic rings. The predicted octanol–water partition coefficient (Wildman–Crippen LogP) is 5.13. The number of hydrogen-bond acceptors (Lipinski definition) is 5. The van der Waals surface area contributed by atoms with E-state index in [9.17, 15) is 4.79 Å². The largest absolute Gasteiger partial charge is 0.497 e. The van der Waals surface area contributed by atoms with Gasteiger partial charge in [-0.05, 0) is 60.7 Å². The molecule has 0 radical (unpaired) electrons. The maximum Gasteiger partial charge on any atom is 0.227 e. The van der Waals surface area contributed by atoms with Crippen LogP contribution >= 0.6 is 0 Å². The Morgan fingerprint density at radius 2 is 1.72 bits per heavy atom. The zero-order chi connectivity index (χ0) is 22.5. The van der Waals surface area contributed by atoms with Crippen molar-refractivity contribution in [2.45, 2.75) is 32.6 Å². The smallest absolute Gasteiger partial charge is 0.227 e. The van der Waals surface area contributed by atoms with Crippen molar-refractivity contribution in [3.05, 3.63) is 66.5 Å². The summed E-state index contributed by atoms with van der Waals surface area (Å²) in [5, 5.41) is 3.08. The highest BCUT2D eigenvalue weighted by Crippen LogP contribution is 2.27. The third kappa shape index (κ3) is 5.07. The number of carbonyl (C=O) groups is 1. The molecule has 0 saturated carbocycles. The number of benzene rings is 2. The van der Waals surface area contributed by atoms with E-state index in [4.69, 9.17) is 4.74 Å². The van der Waals surface area contributed by atoms with Crippen molar-refractivity contribution < 1.29 is 9.53 Å². The van der Waals surface area contributed by atoms with Crippen molar-refractivity contribution in [3.63, 3.8) is 0 Å². The molecule has 2 aromatic carbocycles. The molecule has 4 rings (SSSR count). The quantitative estimate of drug-likeness (QED) is 0.587. The fourth-order valence-electron chi connectivity index (χ4n) is 4.01. The lowest BCUT2D eigenvalue weighted by Gasteiger charge is -2.32. The SMILES string of the molecule is COc1ccc(-c2cc(N3CCC(C(=O)Nc4ccc(C(C)C)cc4)CC3)ncn2)cc1. The third-order valence-electron chi connectivity index (χ3n) is 6.07. The highest BCUT2D eigenvalue weighted by molar-refractivity contribution is 5.92. The van der Waals surface area contributed by atoms with Crippen molar-refractivity contribution in [1.82, 2.24) is 9.97 Å². The number of methoxy groups -OCH3 is 1. The van der Waals surface area contributed by atoms with Crippen LogP contribution in [0.5, 0.6) is 5.75 Å². The fourth-order valence-corrected chi connectivity index (χ4v) is 4.01. The second-order valence-corrected chi connectivity index (χ2v) is 8.52. The molecule has 0 aliphatic carbocycles. The summed E-state index contributed by atoms with van der Waals surface area (Å²) in [6.07, 6.45) is 3.21. The molecule has 6 nitrogen and oxygen atoms in total. The van der Waals surface area contributed by atoms with Gasteiger partial charge in [-0.25, -0.2) is 9.97 Å². The molecule has 0 atom stereocenters. The van der Waals surface area contributed by atoms with E-state index in [1.807, 2.05) is 42.5 Å². The van der Waals surface area contributed by atoms with Crippen molar-refractivity contribution in [1.29, 1.82) is 0 Å². The van der Waals surface area contributed by atoms with Gasteiger partial charge in [0.2, 0.25) is 5.91 Å². The van der Waals surface area contributed by atoms with Gasteiger partial charge in [-0.15, -0.1) is 0 Å². The van der Waals surface area contributed by atoms with Gasteiger partial charge in [0.25, 0.3) is 0 Å². The van der Waals surface area contributed by atoms with Gasteiger partial charge >= 0.3 is 0 Å². The molecule has 32 heavy (non-hydrogen) atoms. The fraction of sp³-hybridized carbons (Fsp3) is 0.346. The second kappa shape index (κ2) is 9.81. The Hall–Kier alpha value is -3.41. The molecule has 1 N–H and O–H groups in total.